The summed E-state index contributed by atoms with van der Waals surface area (Å²) >= 11 is 0. The molecule has 0 heterocycles. The molecular weight excluding hydrogens is 144 g/mol. The van der Waals surface area contributed by atoms with Gasteiger partial charge in [0, 0.05) is 7.11 Å². The first-order valence-electron chi connectivity index (χ1n) is 3.94. The molecule has 0 unspecified atom stereocenters. The Kier molecular flexibility index (Phi) is 2.62. The van der Waals surface area contributed by atoms with Gasteiger partial charge in [-0.25, -0.2) is 0 Å². The second-order valence-electron chi connectivity index (χ2n) is 3.09. The minimum absolute atomic E-state index is 0.0382. The molecule has 0 radical (unpaired) electrons. The minimum atomic E-state index is -1.06. The number of rotatable bonds is 3. The minimum Gasteiger partial charge on any atom is -0.382 e. The average molecular weight is 158 g/mol. The van der Waals surface area contributed by atoms with Gasteiger partial charge in [0.1, 0.15) is 12.2 Å². The predicted octanol–water partition coefficient (Wildman–Crippen LogP) is 0.507. The first kappa shape index (κ1) is 8.68. The number of carbonyl (C=O) groups excluding carboxylic acids is 1. The van der Waals surface area contributed by atoms with Gasteiger partial charge in [-0.05, 0) is 25.7 Å². The Balaban J connectivity index is 2.49. The van der Waals surface area contributed by atoms with E-state index in [2.05, 4.69) is 4.74 Å². The van der Waals surface area contributed by atoms with Crippen LogP contribution in [-0.4, -0.2) is 30.2 Å². The van der Waals surface area contributed by atoms with Crippen LogP contribution < -0.4 is 0 Å². The van der Waals surface area contributed by atoms with E-state index in [9.17, 15) is 9.90 Å². The molecule has 1 aliphatic carbocycles. The molecule has 0 aromatic carbocycles. The molecule has 0 bridgehead atoms. The zero-order chi connectivity index (χ0) is 8.32. The van der Waals surface area contributed by atoms with Gasteiger partial charge in [0.05, 0.1) is 0 Å². The van der Waals surface area contributed by atoms with E-state index in [-0.39, 0.29) is 12.4 Å². The number of aliphatic hydroxyl groups is 1. The van der Waals surface area contributed by atoms with Crippen LogP contribution in [0.3, 0.4) is 0 Å². The lowest BCUT2D eigenvalue weighted by atomic mass is 9.97. The van der Waals surface area contributed by atoms with Gasteiger partial charge in [0.15, 0.2) is 5.78 Å². The molecule has 0 amide bonds. The van der Waals surface area contributed by atoms with Crippen LogP contribution >= 0.6 is 0 Å². The van der Waals surface area contributed by atoms with Gasteiger partial charge in [0.25, 0.3) is 0 Å². The van der Waals surface area contributed by atoms with Crippen molar-refractivity contribution in [3.05, 3.63) is 0 Å². The van der Waals surface area contributed by atoms with Crippen LogP contribution in [0.1, 0.15) is 25.7 Å². The average Bonchev–Trinajstić information content (AvgIpc) is 2.38. The largest absolute Gasteiger partial charge is 0.382 e. The second kappa shape index (κ2) is 3.32. The van der Waals surface area contributed by atoms with Gasteiger partial charge in [0.2, 0.25) is 0 Å². The Bertz CT molecular complexity index is 147. The molecule has 0 saturated heterocycles. The fourth-order valence-corrected chi connectivity index (χ4v) is 1.50. The van der Waals surface area contributed by atoms with Crippen LogP contribution in [0.15, 0.2) is 0 Å². The number of hydrogen-bond acceptors (Lipinski definition) is 3. The SMILES string of the molecule is COCC(=O)C1(O)CCCC1. The molecule has 0 aromatic heterocycles. The molecule has 1 rings (SSSR count). The van der Waals surface area contributed by atoms with Crippen molar-refractivity contribution in [2.45, 2.75) is 31.3 Å². The Morgan fingerprint density at radius 2 is 2.09 bits per heavy atom. The van der Waals surface area contributed by atoms with Crippen molar-refractivity contribution >= 4 is 5.78 Å². The maximum Gasteiger partial charge on any atom is 0.189 e. The molecule has 3 heteroatoms. The van der Waals surface area contributed by atoms with E-state index in [1.165, 1.54) is 7.11 Å². The number of methoxy groups -OCH3 is 1. The van der Waals surface area contributed by atoms with E-state index < -0.39 is 5.60 Å². The molecule has 0 aromatic rings. The standard InChI is InChI=1S/C8H14O3/c1-11-6-7(9)8(10)4-2-3-5-8/h10H,2-6H2,1H3. The third kappa shape index (κ3) is 1.79. The summed E-state index contributed by atoms with van der Waals surface area (Å²) in [7, 11) is 1.47. The number of carbonyl (C=O) groups is 1. The van der Waals surface area contributed by atoms with Crippen LogP contribution in [0.4, 0.5) is 0 Å². The van der Waals surface area contributed by atoms with Crippen molar-refractivity contribution in [2.24, 2.45) is 0 Å². The summed E-state index contributed by atoms with van der Waals surface area (Å²) in [4.78, 5) is 11.2. The molecule has 1 N–H and O–H groups in total. The lowest BCUT2D eigenvalue weighted by molar-refractivity contribution is -0.140. The lowest BCUT2D eigenvalue weighted by Crippen LogP contribution is -2.37. The maximum atomic E-state index is 11.2. The fraction of sp³-hybridized carbons (Fsp3) is 0.875. The zero-order valence-electron chi connectivity index (χ0n) is 6.80. The Morgan fingerprint density at radius 1 is 1.55 bits per heavy atom. The van der Waals surface area contributed by atoms with Gasteiger partial charge >= 0.3 is 0 Å². The first-order chi connectivity index (χ1) is 5.19. The highest BCUT2D eigenvalue weighted by atomic mass is 16.5. The summed E-state index contributed by atoms with van der Waals surface area (Å²) < 4.78 is 4.67. The van der Waals surface area contributed by atoms with Crippen LogP contribution in [0.5, 0.6) is 0 Å². The summed E-state index contributed by atoms with van der Waals surface area (Å²) in [6.45, 7) is 0.0382. The monoisotopic (exact) mass is 158 g/mol. The normalized spacial score (nSPS) is 22.0. The summed E-state index contributed by atoms with van der Waals surface area (Å²) in [5.74, 6) is -0.169. The van der Waals surface area contributed by atoms with Gasteiger partial charge in [-0.3, -0.25) is 4.79 Å². The highest BCUT2D eigenvalue weighted by Gasteiger charge is 2.37. The van der Waals surface area contributed by atoms with Crippen molar-refractivity contribution in [3.63, 3.8) is 0 Å². The summed E-state index contributed by atoms with van der Waals surface area (Å²) in [6.07, 6.45) is 3.11. The molecule has 1 fully saturated rings. The van der Waals surface area contributed by atoms with Crippen LogP contribution in [0.2, 0.25) is 0 Å². The Morgan fingerprint density at radius 3 is 2.55 bits per heavy atom. The zero-order valence-corrected chi connectivity index (χ0v) is 6.80. The van der Waals surface area contributed by atoms with Crippen LogP contribution in [0.25, 0.3) is 0 Å². The van der Waals surface area contributed by atoms with E-state index in [1.807, 2.05) is 0 Å². The summed E-state index contributed by atoms with van der Waals surface area (Å²) in [5.41, 5.74) is -1.06. The van der Waals surface area contributed by atoms with Crippen molar-refractivity contribution in [2.75, 3.05) is 13.7 Å². The number of Topliss-reactive ketones (excluding diaryl/α,β-unsaturated/α-hetero) is 1. The van der Waals surface area contributed by atoms with Crippen molar-refractivity contribution < 1.29 is 14.6 Å². The van der Waals surface area contributed by atoms with Crippen molar-refractivity contribution in [1.82, 2.24) is 0 Å². The van der Waals surface area contributed by atoms with Gasteiger partial charge < -0.3 is 9.84 Å². The van der Waals surface area contributed by atoms with E-state index in [0.29, 0.717) is 12.8 Å². The lowest BCUT2D eigenvalue weighted by Gasteiger charge is -2.19. The van der Waals surface area contributed by atoms with Crippen molar-refractivity contribution in [1.29, 1.82) is 0 Å². The third-order valence-corrected chi connectivity index (χ3v) is 2.23. The van der Waals surface area contributed by atoms with E-state index in [1.54, 1.807) is 0 Å². The summed E-state index contributed by atoms with van der Waals surface area (Å²) in [5, 5.41) is 9.66. The Labute approximate surface area is 66.4 Å². The van der Waals surface area contributed by atoms with E-state index in [0.717, 1.165) is 12.8 Å². The topological polar surface area (TPSA) is 46.5 Å². The van der Waals surface area contributed by atoms with Crippen LogP contribution in [-0.2, 0) is 9.53 Å². The highest BCUT2D eigenvalue weighted by Crippen LogP contribution is 2.30. The molecule has 0 aliphatic heterocycles. The molecule has 64 valence electrons. The molecule has 3 nitrogen and oxygen atoms in total. The van der Waals surface area contributed by atoms with E-state index in [4.69, 9.17) is 0 Å². The Hall–Kier alpha value is -0.410. The quantitative estimate of drug-likeness (QED) is 0.650. The fourth-order valence-electron chi connectivity index (χ4n) is 1.50. The third-order valence-electron chi connectivity index (χ3n) is 2.23. The molecule has 1 aliphatic rings. The number of ketones is 1. The van der Waals surface area contributed by atoms with E-state index >= 15 is 0 Å². The van der Waals surface area contributed by atoms with Crippen LogP contribution in [0, 0.1) is 0 Å². The van der Waals surface area contributed by atoms with Crippen molar-refractivity contribution in [3.8, 4) is 0 Å². The molecule has 1 saturated carbocycles. The maximum absolute atomic E-state index is 11.2. The summed E-state index contributed by atoms with van der Waals surface area (Å²) in [6, 6.07) is 0. The smallest absolute Gasteiger partial charge is 0.189 e. The molecule has 11 heavy (non-hydrogen) atoms. The number of hydrogen-bond donors (Lipinski definition) is 1. The van der Waals surface area contributed by atoms with Gasteiger partial charge in [-0.15, -0.1) is 0 Å². The van der Waals surface area contributed by atoms with Gasteiger partial charge in [-0.1, -0.05) is 0 Å². The number of ether oxygens (including phenoxy) is 1. The predicted molar refractivity (Wildman–Crippen MR) is 40.3 cm³/mol. The molecular formula is C8H14O3. The highest BCUT2D eigenvalue weighted by molar-refractivity contribution is 5.88. The molecule has 0 atom stereocenters. The second-order valence-corrected chi connectivity index (χ2v) is 3.09. The first-order valence-corrected chi connectivity index (χ1v) is 3.94. The van der Waals surface area contributed by atoms with Gasteiger partial charge in [-0.2, -0.15) is 0 Å². The molecule has 0 spiro atoms.